The van der Waals surface area contributed by atoms with Gasteiger partial charge in [-0.25, -0.2) is 4.98 Å². The molecule has 1 aromatic heterocycles. The van der Waals surface area contributed by atoms with Crippen molar-refractivity contribution in [3.8, 4) is 0 Å². The molecule has 0 radical (unpaired) electrons. The van der Waals surface area contributed by atoms with Crippen molar-refractivity contribution in [2.45, 2.75) is 6.42 Å². The normalized spacial score (nSPS) is 18.0. The number of hydrogen-bond donors (Lipinski definition) is 1. The van der Waals surface area contributed by atoms with E-state index in [4.69, 9.17) is 0 Å². The highest BCUT2D eigenvalue weighted by molar-refractivity contribution is 5.90. The SMILES string of the molecule is O=C(O)C1Cc2ccccc2C=C1n1ccnc1. The van der Waals surface area contributed by atoms with Gasteiger partial charge in [-0.2, -0.15) is 0 Å². The third-order valence-corrected chi connectivity index (χ3v) is 3.24. The van der Waals surface area contributed by atoms with Crippen LogP contribution in [0.2, 0.25) is 0 Å². The number of carboxylic acid groups (broad SMARTS) is 1. The van der Waals surface area contributed by atoms with Crippen LogP contribution < -0.4 is 0 Å². The van der Waals surface area contributed by atoms with E-state index in [2.05, 4.69) is 4.98 Å². The summed E-state index contributed by atoms with van der Waals surface area (Å²) in [7, 11) is 0. The van der Waals surface area contributed by atoms with Gasteiger partial charge < -0.3 is 9.67 Å². The van der Waals surface area contributed by atoms with Crippen LogP contribution in [0.5, 0.6) is 0 Å². The van der Waals surface area contributed by atoms with Gasteiger partial charge in [0.1, 0.15) is 5.92 Å². The van der Waals surface area contributed by atoms with E-state index in [-0.39, 0.29) is 0 Å². The Morgan fingerprint density at radius 3 is 2.94 bits per heavy atom. The minimum atomic E-state index is -0.801. The number of hydrogen-bond acceptors (Lipinski definition) is 2. The Labute approximate surface area is 104 Å². The molecule has 0 spiro atoms. The lowest BCUT2D eigenvalue weighted by Gasteiger charge is -2.23. The van der Waals surface area contributed by atoms with Crippen LogP contribution in [0.3, 0.4) is 0 Å². The Bertz CT molecular complexity index is 614. The zero-order valence-corrected chi connectivity index (χ0v) is 9.65. The van der Waals surface area contributed by atoms with Crippen molar-refractivity contribution in [2.75, 3.05) is 0 Å². The number of imidazole rings is 1. The second-order valence-electron chi connectivity index (χ2n) is 4.33. The molecule has 0 fully saturated rings. The highest BCUT2D eigenvalue weighted by Crippen LogP contribution is 2.31. The maximum atomic E-state index is 11.4. The summed E-state index contributed by atoms with van der Waals surface area (Å²) in [6.45, 7) is 0. The molecule has 4 nitrogen and oxygen atoms in total. The number of nitrogens with zero attached hydrogens (tertiary/aromatic N) is 2. The van der Waals surface area contributed by atoms with E-state index in [0.29, 0.717) is 6.42 Å². The van der Waals surface area contributed by atoms with Crippen LogP contribution in [0.1, 0.15) is 11.1 Å². The number of aromatic nitrogens is 2. The van der Waals surface area contributed by atoms with Gasteiger partial charge in [-0.1, -0.05) is 24.3 Å². The molecular weight excluding hydrogens is 228 g/mol. The molecule has 4 heteroatoms. The monoisotopic (exact) mass is 240 g/mol. The van der Waals surface area contributed by atoms with E-state index in [9.17, 15) is 9.90 Å². The van der Waals surface area contributed by atoms with Crippen molar-refractivity contribution >= 4 is 17.7 Å². The molecule has 1 unspecified atom stereocenters. The van der Waals surface area contributed by atoms with Gasteiger partial charge in [0.25, 0.3) is 0 Å². The third kappa shape index (κ3) is 1.72. The molecule has 1 aliphatic rings. The van der Waals surface area contributed by atoms with Gasteiger partial charge in [0.05, 0.1) is 6.33 Å². The summed E-state index contributed by atoms with van der Waals surface area (Å²) in [6, 6.07) is 7.88. The van der Waals surface area contributed by atoms with E-state index >= 15 is 0 Å². The number of carboxylic acids is 1. The molecule has 90 valence electrons. The van der Waals surface area contributed by atoms with Crippen LogP contribution in [0.25, 0.3) is 11.8 Å². The first kappa shape index (κ1) is 10.8. The van der Waals surface area contributed by atoms with Crippen molar-refractivity contribution in [1.29, 1.82) is 0 Å². The predicted octanol–water partition coefficient (Wildman–Crippen LogP) is 2.14. The first-order chi connectivity index (χ1) is 8.75. The Morgan fingerprint density at radius 1 is 1.39 bits per heavy atom. The van der Waals surface area contributed by atoms with Gasteiger partial charge >= 0.3 is 5.97 Å². The molecule has 1 aliphatic carbocycles. The van der Waals surface area contributed by atoms with Gasteiger partial charge in [-0.15, -0.1) is 0 Å². The lowest BCUT2D eigenvalue weighted by Crippen LogP contribution is -2.23. The number of benzene rings is 1. The zero-order valence-electron chi connectivity index (χ0n) is 9.65. The molecule has 0 bridgehead atoms. The summed E-state index contributed by atoms with van der Waals surface area (Å²) in [5, 5.41) is 9.36. The topological polar surface area (TPSA) is 55.1 Å². The van der Waals surface area contributed by atoms with Crippen LogP contribution in [0, 0.1) is 5.92 Å². The summed E-state index contributed by atoms with van der Waals surface area (Å²) in [6.07, 6.45) is 7.51. The van der Waals surface area contributed by atoms with Crippen molar-refractivity contribution in [1.82, 2.24) is 9.55 Å². The van der Waals surface area contributed by atoms with Crippen molar-refractivity contribution in [3.63, 3.8) is 0 Å². The van der Waals surface area contributed by atoms with Crippen LogP contribution in [0.4, 0.5) is 0 Å². The molecule has 18 heavy (non-hydrogen) atoms. The number of fused-ring (bicyclic) bond motifs is 1. The zero-order chi connectivity index (χ0) is 12.5. The minimum absolute atomic E-state index is 0.519. The fraction of sp³-hybridized carbons (Fsp3) is 0.143. The lowest BCUT2D eigenvalue weighted by atomic mass is 9.87. The maximum Gasteiger partial charge on any atom is 0.312 e. The molecule has 1 heterocycles. The highest BCUT2D eigenvalue weighted by Gasteiger charge is 2.28. The molecule has 1 aromatic carbocycles. The van der Waals surface area contributed by atoms with Crippen LogP contribution in [-0.2, 0) is 11.2 Å². The summed E-state index contributed by atoms with van der Waals surface area (Å²) in [4.78, 5) is 15.4. The highest BCUT2D eigenvalue weighted by atomic mass is 16.4. The van der Waals surface area contributed by atoms with Gasteiger partial charge in [0, 0.05) is 18.1 Å². The van der Waals surface area contributed by atoms with Crippen molar-refractivity contribution < 1.29 is 9.90 Å². The average molecular weight is 240 g/mol. The van der Waals surface area contributed by atoms with E-state index in [1.807, 2.05) is 30.3 Å². The van der Waals surface area contributed by atoms with Crippen molar-refractivity contribution in [2.24, 2.45) is 5.92 Å². The Kier molecular flexibility index (Phi) is 2.48. The average Bonchev–Trinajstić information content (AvgIpc) is 2.91. The largest absolute Gasteiger partial charge is 0.481 e. The lowest BCUT2D eigenvalue weighted by molar-refractivity contribution is -0.139. The van der Waals surface area contributed by atoms with Crippen LogP contribution in [0.15, 0.2) is 43.0 Å². The molecule has 1 N–H and O–H groups in total. The van der Waals surface area contributed by atoms with E-state index in [1.165, 1.54) is 0 Å². The van der Waals surface area contributed by atoms with Crippen LogP contribution in [-0.4, -0.2) is 20.6 Å². The fourth-order valence-corrected chi connectivity index (χ4v) is 2.33. The molecule has 0 saturated heterocycles. The first-order valence-electron chi connectivity index (χ1n) is 5.76. The van der Waals surface area contributed by atoms with Gasteiger partial charge in [-0.3, -0.25) is 4.79 Å². The molecular formula is C14H12N2O2. The van der Waals surface area contributed by atoms with E-state index in [0.717, 1.165) is 16.8 Å². The van der Waals surface area contributed by atoms with Crippen molar-refractivity contribution in [3.05, 3.63) is 54.1 Å². The number of aliphatic carboxylic acids is 1. The first-order valence-corrected chi connectivity index (χ1v) is 5.76. The molecule has 0 amide bonds. The minimum Gasteiger partial charge on any atom is -0.481 e. The smallest absolute Gasteiger partial charge is 0.312 e. The molecule has 1 atom stereocenters. The summed E-state index contributed by atoms with van der Waals surface area (Å²) in [5.41, 5.74) is 2.92. The Morgan fingerprint density at radius 2 is 2.22 bits per heavy atom. The standard InChI is InChI=1S/C14H12N2O2/c17-14(18)12-7-10-3-1-2-4-11(10)8-13(12)16-6-5-15-9-16/h1-6,8-9,12H,7H2,(H,17,18). The third-order valence-electron chi connectivity index (χ3n) is 3.24. The fourth-order valence-electron chi connectivity index (χ4n) is 2.33. The molecule has 0 saturated carbocycles. The van der Waals surface area contributed by atoms with E-state index < -0.39 is 11.9 Å². The number of rotatable bonds is 2. The number of carbonyl (C=O) groups is 1. The predicted molar refractivity (Wildman–Crippen MR) is 67.7 cm³/mol. The second kappa shape index (κ2) is 4.14. The summed E-state index contributed by atoms with van der Waals surface area (Å²) < 4.78 is 1.77. The Hall–Kier alpha value is -2.36. The maximum absolute atomic E-state index is 11.4. The van der Waals surface area contributed by atoms with Gasteiger partial charge in [0.2, 0.25) is 0 Å². The summed E-state index contributed by atoms with van der Waals surface area (Å²) in [5.74, 6) is -1.32. The quantitative estimate of drug-likeness (QED) is 0.875. The van der Waals surface area contributed by atoms with E-state index in [1.54, 1.807) is 23.3 Å². The summed E-state index contributed by atoms with van der Waals surface area (Å²) >= 11 is 0. The molecule has 2 aromatic rings. The second-order valence-corrected chi connectivity index (χ2v) is 4.33. The van der Waals surface area contributed by atoms with Gasteiger partial charge in [0.15, 0.2) is 0 Å². The Balaban J connectivity index is 2.13. The van der Waals surface area contributed by atoms with Crippen LogP contribution >= 0.6 is 0 Å². The van der Waals surface area contributed by atoms with Gasteiger partial charge in [-0.05, 0) is 23.6 Å². The molecule has 0 aliphatic heterocycles. The molecule has 3 rings (SSSR count).